The van der Waals surface area contributed by atoms with Crippen molar-refractivity contribution >= 4 is 28.9 Å². The zero-order chi connectivity index (χ0) is 21.7. The highest BCUT2D eigenvalue weighted by atomic mass is 32.2. The fourth-order valence-corrected chi connectivity index (χ4v) is 4.27. The molecule has 5 nitrogen and oxygen atoms in total. The summed E-state index contributed by atoms with van der Waals surface area (Å²) >= 11 is 1.42. The lowest BCUT2D eigenvalue weighted by Gasteiger charge is -2.20. The van der Waals surface area contributed by atoms with Crippen LogP contribution in [0.15, 0.2) is 58.4 Å². The predicted octanol–water partition coefficient (Wildman–Crippen LogP) is 5.36. The predicted molar refractivity (Wildman–Crippen MR) is 124 cm³/mol. The molecule has 3 rings (SSSR count). The molecule has 0 aliphatic carbocycles. The number of ether oxygens (including phenoxy) is 2. The molecule has 0 atom stereocenters. The lowest BCUT2D eigenvalue weighted by Crippen LogP contribution is -2.35. The first kappa shape index (κ1) is 22.0. The molecule has 2 aromatic rings. The zero-order valence-corrected chi connectivity index (χ0v) is 18.9. The average molecular weight is 425 g/mol. The summed E-state index contributed by atoms with van der Waals surface area (Å²) in [5, 5.41) is 0.756. The molecule has 1 aliphatic heterocycles. The molecular weight excluding hydrogens is 396 g/mol. The first-order valence-corrected chi connectivity index (χ1v) is 10.9. The van der Waals surface area contributed by atoms with Gasteiger partial charge in [-0.05, 0) is 68.8 Å². The summed E-state index contributed by atoms with van der Waals surface area (Å²) in [7, 11) is 1.62. The van der Waals surface area contributed by atoms with Crippen LogP contribution in [0, 0.1) is 0 Å². The first-order valence-electron chi connectivity index (χ1n) is 10.0. The molecule has 0 spiro atoms. The van der Waals surface area contributed by atoms with Gasteiger partial charge in [-0.3, -0.25) is 14.7 Å². The lowest BCUT2D eigenvalue weighted by molar-refractivity contribution is -0.123. The van der Waals surface area contributed by atoms with Crippen molar-refractivity contribution in [3.05, 3.63) is 64.6 Å². The molecule has 30 heavy (non-hydrogen) atoms. The number of thioether (sulfide) groups is 1. The minimum atomic E-state index is -0.0160. The number of aliphatic imine (C=N–C) groups is 1. The second kappa shape index (κ2) is 9.85. The number of hydrogen-bond donors (Lipinski definition) is 0. The molecule has 1 amide bonds. The summed E-state index contributed by atoms with van der Waals surface area (Å²) in [5.74, 6) is 1.28. The molecule has 158 valence electrons. The van der Waals surface area contributed by atoms with Crippen molar-refractivity contribution < 1.29 is 14.3 Å². The van der Waals surface area contributed by atoms with E-state index < -0.39 is 0 Å². The molecule has 0 bridgehead atoms. The molecule has 0 saturated carbocycles. The van der Waals surface area contributed by atoms with E-state index in [9.17, 15) is 4.79 Å². The topological polar surface area (TPSA) is 51.1 Å². The van der Waals surface area contributed by atoms with Gasteiger partial charge in [0, 0.05) is 12.1 Å². The minimum Gasteiger partial charge on any atom is -0.493 e. The highest BCUT2D eigenvalue weighted by Gasteiger charge is 2.35. The van der Waals surface area contributed by atoms with Crippen molar-refractivity contribution in [3.8, 4) is 11.5 Å². The van der Waals surface area contributed by atoms with Crippen molar-refractivity contribution in [3.63, 3.8) is 0 Å². The number of rotatable bonds is 7. The minimum absolute atomic E-state index is 0.0160. The van der Waals surface area contributed by atoms with Crippen LogP contribution in [0.5, 0.6) is 11.5 Å². The van der Waals surface area contributed by atoms with Gasteiger partial charge in [0.2, 0.25) is 0 Å². The maximum Gasteiger partial charge on any atom is 0.266 e. The van der Waals surface area contributed by atoms with Crippen LogP contribution >= 0.6 is 11.8 Å². The van der Waals surface area contributed by atoms with E-state index in [0.29, 0.717) is 23.0 Å². The van der Waals surface area contributed by atoms with Gasteiger partial charge in [0.25, 0.3) is 5.91 Å². The van der Waals surface area contributed by atoms with Gasteiger partial charge in [0.05, 0.1) is 12.0 Å². The molecule has 2 aromatic carbocycles. The van der Waals surface area contributed by atoms with Gasteiger partial charge in [0.1, 0.15) is 6.61 Å². The molecule has 6 heteroatoms. The van der Waals surface area contributed by atoms with Crippen LogP contribution in [-0.4, -0.2) is 35.2 Å². The fraction of sp³-hybridized carbons (Fsp3) is 0.333. The summed E-state index contributed by atoms with van der Waals surface area (Å²) in [5.41, 5.74) is 1.97. The maximum absolute atomic E-state index is 12.9. The second-order valence-electron chi connectivity index (χ2n) is 7.57. The van der Waals surface area contributed by atoms with Crippen LogP contribution < -0.4 is 9.47 Å². The Morgan fingerprint density at radius 1 is 1.07 bits per heavy atom. The summed E-state index contributed by atoms with van der Waals surface area (Å²) in [6, 6.07) is 15.9. The first-order chi connectivity index (χ1) is 14.4. The Hall–Kier alpha value is -2.73. The van der Waals surface area contributed by atoms with E-state index in [1.165, 1.54) is 11.8 Å². The van der Waals surface area contributed by atoms with Gasteiger partial charge in [-0.2, -0.15) is 0 Å². The van der Waals surface area contributed by atoms with Gasteiger partial charge in [-0.1, -0.05) is 36.4 Å². The van der Waals surface area contributed by atoms with Crippen LogP contribution in [0.25, 0.3) is 6.08 Å². The van der Waals surface area contributed by atoms with Gasteiger partial charge >= 0.3 is 0 Å². The molecule has 0 radical (unpaired) electrons. The Kier molecular flexibility index (Phi) is 7.21. The third kappa shape index (κ3) is 5.25. The van der Waals surface area contributed by atoms with Gasteiger partial charge in [-0.15, -0.1) is 0 Å². The number of methoxy groups -OCH3 is 1. The van der Waals surface area contributed by atoms with E-state index in [1.54, 1.807) is 12.0 Å². The van der Waals surface area contributed by atoms with Crippen LogP contribution in [0.2, 0.25) is 0 Å². The van der Waals surface area contributed by atoms with E-state index in [0.717, 1.165) is 16.3 Å². The van der Waals surface area contributed by atoms with E-state index in [4.69, 9.17) is 9.47 Å². The number of amides is 1. The Labute approximate surface area is 182 Å². The molecule has 0 N–H and O–H groups in total. The third-order valence-corrected chi connectivity index (χ3v) is 5.44. The highest BCUT2D eigenvalue weighted by molar-refractivity contribution is 8.18. The number of hydrogen-bond acceptors (Lipinski definition) is 5. The van der Waals surface area contributed by atoms with Gasteiger partial charge in [-0.25, -0.2) is 0 Å². The molecule has 1 fully saturated rings. The van der Waals surface area contributed by atoms with E-state index >= 15 is 0 Å². The van der Waals surface area contributed by atoms with Gasteiger partial charge in [0.15, 0.2) is 16.7 Å². The van der Waals surface area contributed by atoms with E-state index in [-0.39, 0.29) is 18.0 Å². The number of nitrogens with zero attached hydrogens (tertiary/aromatic N) is 2. The fourth-order valence-electron chi connectivity index (χ4n) is 3.03. The molecule has 0 aromatic heterocycles. The van der Waals surface area contributed by atoms with Crippen molar-refractivity contribution in [1.82, 2.24) is 4.90 Å². The Morgan fingerprint density at radius 2 is 1.80 bits per heavy atom. The van der Waals surface area contributed by atoms with Gasteiger partial charge < -0.3 is 9.47 Å². The lowest BCUT2D eigenvalue weighted by atomic mass is 10.1. The number of carbonyl (C=O) groups is 1. The maximum atomic E-state index is 12.9. The SMILES string of the molecule is COc1cc(/C=C2/SC(=NC(C)C)N(C(C)C)C2=O)ccc1OCc1ccccc1. The van der Waals surface area contributed by atoms with Crippen LogP contribution in [0.4, 0.5) is 0 Å². The van der Waals surface area contributed by atoms with Crippen molar-refractivity contribution in [2.45, 2.75) is 46.4 Å². The Bertz CT molecular complexity index is 952. The van der Waals surface area contributed by atoms with Crippen LogP contribution in [0.3, 0.4) is 0 Å². The molecule has 1 heterocycles. The van der Waals surface area contributed by atoms with Crippen molar-refractivity contribution in [1.29, 1.82) is 0 Å². The smallest absolute Gasteiger partial charge is 0.266 e. The molecule has 1 aliphatic rings. The van der Waals surface area contributed by atoms with Crippen LogP contribution in [0.1, 0.15) is 38.8 Å². The zero-order valence-electron chi connectivity index (χ0n) is 18.1. The number of amidine groups is 1. The summed E-state index contributed by atoms with van der Waals surface area (Å²) in [6.07, 6.45) is 1.88. The largest absolute Gasteiger partial charge is 0.493 e. The van der Waals surface area contributed by atoms with E-state index in [1.807, 2.05) is 82.3 Å². The second-order valence-corrected chi connectivity index (χ2v) is 8.58. The Morgan fingerprint density at radius 3 is 2.43 bits per heavy atom. The quantitative estimate of drug-likeness (QED) is 0.561. The summed E-state index contributed by atoms with van der Waals surface area (Å²) in [4.78, 5) is 20.0. The molecule has 0 unspecified atom stereocenters. The molecular formula is C24H28N2O3S. The molecule has 1 saturated heterocycles. The number of benzene rings is 2. The number of carbonyl (C=O) groups excluding carboxylic acids is 1. The summed E-state index contributed by atoms with van der Waals surface area (Å²) in [6.45, 7) is 8.48. The van der Waals surface area contributed by atoms with Crippen molar-refractivity contribution in [2.75, 3.05) is 7.11 Å². The standard InChI is InChI=1S/C24H28N2O3S/c1-16(2)25-24-26(17(3)4)23(27)22(30-24)14-19-11-12-20(21(13-19)28-5)29-15-18-9-7-6-8-10-18/h6-14,16-17H,15H2,1-5H3/b22-14+,25-24?. The van der Waals surface area contributed by atoms with Crippen molar-refractivity contribution in [2.24, 2.45) is 4.99 Å². The van der Waals surface area contributed by atoms with E-state index in [2.05, 4.69) is 4.99 Å². The summed E-state index contributed by atoms with van der Waals surface area (Å²) < 4.78 is 11.4. The average Bonchev–Trinajstić information content (AvgIpc) is 3.01. The Balaban J connectivity index is 1.82. The third-order valence-electron chi connectivity index (χ3n) is 4.44. The monoisotopic (exact) mass is 424 g/mol. The normalized spacial score (nSPS) is 16.9. The highest BCUT2D eigenvalue weighted by Crippen LogP contribution is 2.36. The van der Waals surface area contributed by atoms with Crippen LogP contribution in [-0.2, 0) is 11.4 Å².